The molecule has 0 bridgehead atoms. The van der Waals surface area contributed by atoms with Crippen LogP contribution in [0.1, 0.15) is 38.1 Å². The molecule has 1 unspecified atom stereocenters. The zero-order valence-corrected chi connectivity index (χ0v) is 20.8. The van der Waals surface area contributed by atoms with Crippen molar-refractivity contribution in [3.63, 3.8) is 0 Å². The molecule has 0 spiro atoms. The highest BCUT2D eigenvalue weighted by molar-refractivity contribution is 7.07. The van der Waals surface area contributed by atoms with Crippen LogP contribution in [0.2, 0.25) is 0 Å². The molecule has 2 aromatic heterocycles. The van der Waals surface area contributed by atoms with Gasteiger partial charge in [-0.05, 0) is 32.9 Å². The van der Waals surface area contributed by atoms with Gasteiger partial charge in [0.2, 0.25) is 0 Å². The van der Waals surface area contributed by atoms with E-state index < -0.39 is 12.0 Å². The fourth-order valence-electron chi connectivity index (χ4n) is 3.84. The minimum absolute atomic E-state index is 0.0894. The van der Waals surface area contributed by atoms with Crippen molar-refractivity contribution in [2.45, 2.75) is 32.9 Å². The predicted octanol–water partition coefficient (Wildman–Crippen LogP) is 2.85. The Morgan fingerprint density at radius 2 is 1.97 bits per heavy atom. The van der Waals surface area contributed by atoms with Crippen molar-refractivity contribution in [3.8, 4) is 5.75 Å². The molecule has 1 aromatic carbocycles. The highest BCUT2D eigenvalue weighted by atomic mass is 32.1. The van der Waals surface area contributed by atoms with Crippen LogP contribution in [-0.4, -0.2) is 37.8 Å². The number of methoxy groups -OCH3 is 1. The van der Waals surface area contributed by atoms with E-state index in [0.29, 0.717) is 43.6 Å². The lowest BCUT2D eigenvalue weighted by Crippen LogP contribution is -2.40. The van der Waals surface area contributed by atoms with E-state index in [1.54, 1.807) is 13.0 Å². The molecule has 0 saturated carbocycles. The van der Waals surface area contributed by atoms with Gasteiger partial charge in [0.05, 0.1) is 29.0 Å². The molecule has 4 rings (SSSR count). The molecule has 3 heterocycles. The number of rotatable bonds is 6. The van der Waals surface area contributed by atoms with Gasteiger partial charge in [0.1, 0.15) is 17.6 Å². The van der Waals surface area contributed by atoms with Crippen molar-refractivity contribution in [2.24, 2.45) is 4.99 Å². The summed E-state index contributed by atoms with van der Waals surface area (Å²) in [6.45, 7) is 5.60. The maximum atomic E-state index is 13.7. The number of thiazole rings is 1. The molecule has 0 radical (unpaired) electrons. The summed E-state index contributed by atoms with van der Waals surface area (Å²) < 4.78 is 18.9. The van der Waals surface area contributed by atoms with E-state index in [0.717, 1.165) is 0 Å². The zero-order valence-electron chi connectivity index (χ0n) is 20.0. The Bertz CT molecular complexity index is 1440. The smallest absolute Gasteiger partial charge is 0.338 e. The number of carbonyl (C=O) groups is 1. The molecule has 9 heteroatoms. The van der Waals surface area contributed by atoms with Gasteiger partial charge in [-0.25, -0.2) is 9.79 Å². The van der Waals surface area contributed by atoms with Gasteiger partial charge < -0.3 is 18.8 Å². The lowest BCUT2D eigenvalue weighted by atomic mass is 9.95. The van der Waals surface area contributed by atoms with Crippen molar-refractivity contribution in [1.29, 1.82) is 0 Å². The largest absolute Gasteiger partial charge is 0.491 e. The second kappa shape index (κ2) is 9.34. The number of allylic oxidation sites excluding steroid dienone is 1. The molecule has 0 amide bonds. The first-order valence-corrected chi connectivity index (χ1v) is 11.7. The van der Waals surface area contributed by atoms with Gasteiger partial charge in [-0.15, -0.1) is 0 Å². The van der Waals surface area contributed by atoms with Crippen LogP contribution in [-0.2, 0) is 9.53 Å². The molecule has 1 atom stereocenters. The Labute approximate surface area is 201 Å². The Hall–Kier alpha value is -3.59. The summed E-state index contributed by atoms with van der Waals surface area (Å²) in [6, 6.07) is 10.3. The van der Waals surface area contributed by atoms with E-state index in [-0.39, 0.29) is 11.7 Å². The van der Waals surface area contributed by atoms with Crippen molar-refractivity contribution in [1.82, 2.24) is 4.57 Å². The number of carbonyl (C=O) groups excluding carboxylic acids is 1. The van der Waals surface area contributed by atoms with Crippen LogP contribution >= 0.6 is 11.3 Å². The number of esters is 1. The summed E-state index contributed by atoms with van der Waals surface area (Å²) in [7, 11) is 5.08. The second-order valence-electron chi connectivity index (χ2n) is 8.35. The lowest BCUT2D eigenvalue weighted by molar-refractivity contribution is -0.136. The Balaban J connectivity index is 1.96. The highest BCUT2D eigenvalue weighted by Gasteiger charge is 2.35. The SMILES string of the molecule is COC(=O)C1=C(C)N=c2s/c(=C\c3ccc(N(C)C)o3)c(=O)n2C1c1ccccc1OC(C)C. The predicted molar refractivity (Wildman–Crippen MR) is 131 cm³/mol. The van der Waals surface area contributed by atoms with Crippen LogP contribution in [0.5, 0.6) is 5.75 Å². The Kier molecular flexibility index (Phi) is 6.47. The number of hydrogen-bond acceptors (Lipinski definition) is 8. The molecular formula is C25H27N3O5S. The highest BCUT2D eigenvalue weighted by Crippen LogP contribution is 2.36. The van der Waals surface area contributed by atoms with Gasteiger partial charge in [0, 0.05) is 31.8 Å². The van der Waals surface area contributed by atoms with Crippen molar-refractivity contribution in [3.05, 3.63) is 78.7 Å². The minimum atomic E-state index is -0.741. The molecule has 34 heavy (non-hydrogen) atoms. The average Bonchev–Trinajstić information content (AvgIpc) is 3.37. The number of aromatic nitrogens is 1. The number of fused-ring (bicyclic) bond motifs is 1. The number of para-hydroxylation sites is 1. The van der Waals surface area contributed by atoms with E-state index in [1.807, 2.05) is 69.2 Å². The van der Waals surface area contributed by atoms with E-state index in [2.05, 4.69) is 4.99 Å². The van der Waals surface area contributed by atoms with Crippen molar-refractivity contribution in [2.75, 3.05) is 26.1 Å². The third-order valence-corrected chi connectivity index (χ3v) is 6.31. The monoisotopic (exact) mass is 481 g/mol. The standard InChI is InChI=1S/C25H27N3O5S/c1-14(2)32-18-10-8-7-9-17(18)22-21(24(30)31-6)15(3)26-25-28(22)23(29)19(34-25)13-16-11-12-20(33-16)27(4)5/h7-14,22H,1-6H3/b19-13-. The maximum absolute atomic E-state index is 13.7. The van der Waals surface area contributed by atoms with E-state index >= 15 is 0 Å². The normalized spacial score (nSPS) is 15.9. The molecule has 3 aromatic rings. The van der Waals surface area contributed by atoms with Crippen molar-refractivity contribution < 1.29 is 18.7 Å². The molecule has 1 aliphatic heterocycles. The summed E-state index contributed by atoms with van der Waals surface area (Å²) in [4.78, 5) is 33.4. The number of anilines is 1. The number of benzene rings is 1. The second-order valence-corrected chi connectivity index (χ2v) is 9.36. The lowest BCUT2D eigenvalue weighted by Gasteiger charge is -2.26. The van der Waals surface area contributed by atoms with Gasteiger partial charge in [0.15, 0.2) is 10.7 Å². The van der Waals surface area contributed by atoms with Crippen LogP contribution in [0.4, 0.5) is 5.88 Å². The summed E-state index contributed by atoms with van der Waals surface area (Å²) >= 11 is 1.25. The number of furan rings is 1. The van der Waals surface area contributed by atoms with E-state index in [4.69, 9.17) is 13.9 Å². The van der Waals surface area contributed by atoms with Gasteiger partial charge in [-0.3, -0.25) is 9.36 Å². The number of hydrogen-bond donors (Lipinski definition) is 0. The van der Waals surface area contributed by atoms with Gasteiger partial charge >= 0.3 is 5.97 Å². The fourth-order valence-corrected chi connectivity index (χ4v) is 4.87. The molecule has 178 valence electrons. The first kappa shape index (κ1) is 23.6. The molecule has 0 N–H and O–H groups in total. The maximum Gasteiger partial charge on any atom is 0.338 e. The van der Waals surface area contributed by atoms with Crippen molar-refractivity contribution >= 4 is 29.3 Å². The first-order valence-electron chi connectivity index (χ1n) is 10.8. The molecule has 0 aliphatic carbocycles. The summed E-state index contributed by atoms with van der Waals surface area (Å²) in [6.07, 6.45) is 1.61. The third kappa shape index (κ3) is 4.31. The molecule has 0 saturated heterocycles. The number of nitrogens with zero attached hydrogens (tertiary/aromatic N) is 3. The van der Waals surface area contributed by atoms with Crippen LogP contribution in [0.15, 0.2) is 61.9 Å². The van der Waals surface area contributed by atoms with Crippen LogP contribution in [0, 0.1) is 0 Å². The van der Waals surface area contributed by atoms with Crippen LogP contribution in [0.3, 0.4) is 0 Å². The zero-order chi connectivity index (χ0) is 24.6. The summed E-state index contributed by atoms with van der Waals surface area (Å²) in [5.74, 6) is 1.29. The van der Waals surface area contributed by atoms with Gasteiger partial charge in [-0.2, -0.15) is 0 Å². The van der Waals surface area contributed by atoms with Crippen LogP contribution < -0.4 is 24.5 Å². The molecule has 1 aliphatic rings. The van der Waals surface area contributed by atoms with E-state index in [9.17, 15) is 9.59 Å². The molecular weight excluding hydrogens is 454 g/mol. The van der Waals surface area contributed by atoms with Crippen LogP contribution in [0.25, 0.3) is 6.08 Å². The van der Waals surface area contributed by atoms with Gasteiger partial charge in [0.25, 0.3) is 5.56 Å². The third-order valence-electron chi connectivity index (χ3n) is 5.33. The first-order chi connectivity index (χ1) is 16.2. The molecule has 8 nitrogen and oxygen atoms in total. The summed E-state index contributed by atoms with van der Waals surface area (Å²) in [5, 5.41) is 0. The topological polar surface area (TPSA) is 86.3 Å². The quantitative estimate of drug-likeness (QED) is 0.504. The minimum Gasteiger partial charge on any atom is -0.491 e. The van der Waals surface area contributed by atoms with Gasteiger partial charge in [-0.1, -0.05) is 29.5 Å². The Morgan fingerprint density at radius 3 is 2.62 bits per heavy atom. The Morgan fingerprint density at radius 1 is 1.24 bits per heavy atom. The molecule has 0 fully saturated rings. The number of ether oxygens (including phenoxy) is 2. The fraction of sp³-hybridized carbons (Fsp3) is 0.320. The van der Waals surface area contributed by atoms with E-state index in [1.165, 1.54) is 23.0 Å². The summed E-state index contributed by atoms with van der Waals surface area (Å²) in [5.41, 5.74) is 1.21. The average molecular weight is 482 g/mol.